The number of benzene rings is 1. The summed E-state index contributed by atoms with van der Waals surface area (Å²) in [5.74, 6) is 0.476. The molecule has 0 radical (unpaired) electrons. The van der Waals surface area contributed by atoms with E-state index in [4.69, 9.17) is 4.74 Å². The van der Waals surface area contributed by atoms with Crippen molar-refractivity contribution in [1.29, 1.82) is 0 Å². The molecule has 1 aromatic carbocycles. The molecule has 2 aromatic heterocycles. The van der Waals surface area contributed by atoms with Crippen LogP contribution in [0.2, 0.25) is 0 Å². The SMILES string of the molecule is CC(C)CN(CC(C)C)CC(Cn1cnc2c1c(=O)n(C)c(=O)n2C)OC(=O)c1ccccc1. The zero-order chi connectivity index (χ0) is 25.0. The van der Waals surface area contributed by atoms with Gasteiger partial charge in [0.25, 0.3) is 5.56 Å². The highest BCUT2D eigenvalue weighted by Crippen LogP contribution is 2.13. The Bertz CT molecular complexity index is 1230. The summed E-state index contributed by atoms with van der Waals surface area (Å²) in [5.41, 5.74) is 0.229. The van der Waals surface area contributed by atoms with Crippen molar-refractivity contribution in [3.05, 3.63) is 63.1 Å². The molecule has 0 spiro atoms. The van der Waals surface area contributed by atoms with Crippen LogP contribution in [0, 0.1) is 11.8 Å². The number of rotatable bonds is 10. The maximum absolute atomic E-state index is 12.9. The Morgan fingerprint density at radius 3 is 2.18 bits per heavy atom. The van der Waals surface area contributed by atoms with Crippen molar-refractivity contribution in [3.8, 4) is 0 Å². The fraction of sp³-hybridized carbons (Fsp3) is 0.520. The van der Waals surface area contributed by atoms with E-state index in [9.17, 15) is 14.4 Å². The Labute approximate surface area is 199 Å². The summed E-state index contributed by atoms with van der Waals surface area (Å²) in [7, 11) is 3.03. The molecule has 3 rings (SSSR count). The Hall–Kier alpha value is -3.20. The number of esters is 1. The lowest BCUT2D eigenvalue weighted by Gasteiger charge is -2.30. The number of hydrogen-bond donors (Lipinski definition) is 0. The Morgan fingerprint density at radius 2 is 1.59 bits per heavy atom. The number of carbonyl (C=O) groups is 1. The van der Waals surface area contributed by atoms with Gasteiger partial charge in [-0.25, -0.2) is 14.6 Å². The second-order valence-corrected chi connectivity index (χ2v) is 9.67. The molecule has 0 fully saturated rings. The molecule has 34 heavy (non-hydrogen) atoms. The third-order valence-corrected chi connectivity index (χ3v) is 5.61. The van der Waals surface area contributed by atoms with E-state index in [0.29, 0.717) is 35.1 Å². The van der Waals surface area contributed by atoms with Crippen molar-refractivity contribution < 1.29 is 9.53 Å². The van der Waals surface area contributed by atoms with Crippen LogP contribution >= 0.6 is 0 Å². The van der Waals surface area contributed by atoms with Crippen molar-refractivity contribution >= 4 is 17.1 Å². The van der Waals surface area contributed by atoms with Gasteiger partial charge in [0.1, 0.15) is 6.10 Å². The smallest absolute Gasteiger partial charge is 0.338 e. The molecule has 9 nitrogen and oxygen atoms in total. The molecule has 0 amide bonds. The number of aryl methyl sites for hydroxylation is 1. The first-order valence-corrected chi connectivity index (χ1v) is 11.7. The summed E-state index contributed by atoms with van der Waals surface area (Å²) in [5, 5.41) is 0. The Kier molecular flexibility index (Phi) is 8.09. The van der Waals surface area contributed by atoms with E-state index in [0.717, 1.165) is 17.7 Å². The maximum atomic E-state index is 12.9. The van der Waals surface area contributed by atoms with Crippen LogP contribution in [0.5, 0.6) is 0 Å². The first-order chi connectivity index (χ1) is 16.1. The van der Waals surface area contributed by atoms with Crippen LogP contribution in [0.25, 0.3) is 11.2 Å². The van der Waals surface area contributed by atoms with E-state index in [-0.39, 0.29) is 6.54 Å². The number of nitrogens with zero attached hydrogens (tertiary/aromatic N) is 5. The van der Waals surface area contributed by atoms with Crippen molar-refractivity contribution in [3.63, 3.8) is 0 Å². The molecule has 0 aliphatic carbocycles. The molecule has 0 aliphatic heterocycles. The molecule has 0 N–H and O–H groups in total. The van der Waals surface area contributed by atoms with Crippen LogP contribution in [-0.2, 0) is 25.4 Å². The summed E-state index contributed by atoms with van der Waals surface area (Å²) in [6.45, 7) is 11.1. The van der Waals surface area contributed by atoms with Gasteiger partial charge in [-0.3, -0.25) is 18.8 Å². The topological polar surface area (TPSA) is 91.4 Å². The lowest BCUT2D eigenvalue weighted by molar-refractivity contribution is 0.0134. The van der Waals surface area contributed by atoms with Gasteiger partial charge in [-0.15, -0.1) is 0 Å². The third kappa shape index (κ3) is 5.83. The minimum atomic E-state index is -0.524. The van der Waals surface area contributed by atoms with E-state index in [1.165, 1.54) is 17.9 Å². The molecule has 0 aliphatic rings. The molecule has 184 valence electrons. The maximum Gasteiger partial charge on any atom is 0.338 e. The molecule has 0 saturated carbocycles. The van der Waals surface area contributed by atoms with Crippen LogP contribution < -0.4 is 11.2 Å². The largest absolute Gasteiger partial charge is 0.456 e. The van der Waals surface area contributed by atoms with Crippen LogP contribution in [0.3, 0.4) is 0 Å². The molecule has 3 aromatic rings. The highest BCUT2D eigenvalue weighted by Gasteiger charge is 2.24. The van der Waals surface area contributed by atoms with Crippen LogP contribution in [0.4, 0.5) is 0 Å². The second kappa shape index (κ2) is 10.8. The molecule has 0 saturated heterocycles. The molecular weight excluding hydrogens is 434 g/mol. The summed E-state index contributed by atoms with van der Waals surface area (Å²) in [6, 6.07) is 8.88. The van der Waals surface area contributed by atoms with E-state index in [1.54, 1.807) is 35.9 Å². The van der Waals surface area contributed by atoms with Gasteiger partial charge >= 0.3 is 11.7 Å². The number of imidazole rings is 1. The monoisotopic (exact) mass is 469 g/mol. The van der Waals surface area contributed by atoms with Gasteiger partial charge < -0.3 is 9.30 Å². The molecule has 9 heteroatoms. The molecule has 1 unspecified atom stereocenters. The molecule has 1 atom stereocenters. The lowest BCUT2D eigenvalue weighted by atomic mass is 10.1. The zero-order valence-electron chi connectivity index (χ0n) is 20.9. The number of carbonyl (C=O) groups excluding carboxylic acids is 1. The average Bonchev–Trinajstić information content (AvgIpc) is 3.19. The standard InChI is InChI=1S/C25H35N5O4/c1-17(2)12-29(13-18(3)4)14-20(34-24(32)19-10-8-7-9-11-19)15-30-16-26-22-21(30)23(31)28(6)25(33)27(22)5/h7-11,16-18,20H,12-15H2,1-6H3. The summed E-state index contributed by atoms with van der Waals surface area (Å²) in [4.78, 5) is 44.7. The average molecular weight is 470 g/mol. The summed E-state index contributed by atoms with van der Waals surface area (Å²) < 4.78 is 10.1. The highest BCUT2D eigenvalue weighted by molar-refractivity contribution is 5.89. The van der Waals surface area contributed by atoms with Gasteiger partial charge in [0.05, 0.1) is 18.4 Å². The van der Waals surface area contributed by atoms with Gasteiger partial charge in [-0.1, -0.05) is 45.9 Å². The quantitative estimate of drug-likeness (QED) is 0.423. The number of fused-ring (bicyclic) bond motifs is 1. The van der Waals surface area contributed by atoms with Gasteiger partial charge in [-0.05, 0) is 24.0 Å². The first kappa shape index (κ1) is 25.4. The van der Waals surface area contributed by atoms with Crippen LogP contribution in [0.15, 0.2) is 46.2 Å². The van der Waals surface area contributed by atoms with Gasteiger partial charge in [0.15, 0.2) is 11.2 Å². The van der Waals surface area contributed by atoms with E-state index >= 15 is 0 Å². The fourth-order valence-corrected chi connectivity index (χ4v) is 4.23. The van der Waals surface area contributed by atoms with Crippen molar-refractivity contribution in [2.75, 3.05) is 19.6 Å². The summed E-state index contributed by atoms with van der Waals surface area (Å²) in [6.07, 6.45) is 1.01. The minimum absolute atomic E-state index is 0.245. The molecule has 0 bridgehead atoms. The van der Waals surface area contributed by atoms with Crippen molar-refractivity contribution in [1.82, 2.24) is 23.6 Å². The fourth-order valence-electron chi connectivity index (χ4n) is 4.23. The van der Waals surface area contributed by atoms with Gasteiger partial charge in [0, 0.05) is 33.7 Å². The van der Waals surface area contributed by atoms with E-state index in [2.05, 4.69) is 37.6 Å². The van der Waals surface area contributed by atoms with Crippen LogP contribution in [-0.4, -0.2) is 55.3 Å². The van der Waals surface area contributed by atoms with Gasteiger partial charge in [-0.2, -0.15) is 0 Å². The highest BCUT2D eigenvalue weighted by atomic mass is 16.5. The Balaban J connectivity index is 1.97. The first-order valence-electron chi connectivity index (χ1n) is 11.7. The van der Waals surface area contributed by atoms with Gasteiger partial charge in [0.2, 0.25) is 0 Å². The summed E-state index contributed by atoms with van der Waals surface area (Å²) >= 11 is 0. The number of aromatic nitrogens is 4. The second-order valence-electron chi connectivity index (χ2n) is 9.67. The normalized spacial score (nSPS) is 12.7. The predicted octanol–water partition coefficient (Wildman–Crippen LogP) is 2.27. The zero-order valence-corrected chi connectivity index (χ0v) is 20.9. The Morgan fingerprint density at radius 1 is 0.971 bits per heavy atom. The van der Waals surface area contributed by atoms with Crippen molar-refractivity contribution in [2.45, 2.75) is 40.3 Å². The molecular formula is C25H35N5O4. The van der Waals surface area contributed by atoms with Crippen LogP contribution in [0.1, 0.15) is 38.1 Å². The number of hydrogen-bond acceptors (Lipinski definition) is 6. The minimum Gasteiger partial charge on any atom is -0.456 e. The number of ether oxygens (including phenoxy) is 1. The van der Waals surface area contributed by atoms with E-state index in [1.807, 2.05) is 6.07 Å². The predicted molar refractivity (Wildman–Crippen MR) is 132 cm³/mol. The van der Waals surface area contributed by atoms with Crippen molar-refractivity contribution in [2.24, 2.45) is 25.9 Å². The third-order valence-electron chi connectivity index (χ3n) is 5.61. The molecule has 2 heterocycles. The van der Waals surface area contributed by atoms with E-state index < -0.39 is 23.3 Å². The lowest BCUT2D eigenvalue weighted by Crippen LogP contribution is -2.42.